The summed E-state index contributed by atoms with van der Waals surface area (Å²) in [6.07, 6.45) is -2.13. The lowest BCUT2D eigenvalue weighted by atomic mass is 9.76. The van der Waals surface area contributed by atoms with Gasteiger partial charge in [-0.25, -0.2) is 0 Å². The molecule has 4 heterocycles. The summed E-state index contributed by atoms with van der Waals surface area (Å²) >= 11 is 0.580. The summed E-state index contributed by atoms with van der Waals surface area (Å²) in [5, 5.41) is 9.61. The molecule has 0 bridgehead atoms. The van der Waals surface area contributed by atoms with Crippen LogP contribution in [0.1, 0.15) is 24.3 Å². The number of anilines is 1. The third-order valence-corrected chi connectivity index (χ3v) is 6.68. The highest BCUT2D eigenvalue weighted by Gasteiger charge is 2.49. The minimum absolute atomic E-state index is 0.0684. The molecule has 1 N–H and O–H groups in total. The SMILES string of the molecule is O=C1OC(CN2CCN(c3nnc(C(F)(F)F)s3)CC2)CC12CCNCC2. The Bertz CT molecular complexity index is 684. The van der Waals surface area contributed by atoms with Crippen LogP contribution >= 0.6 is 11.3 Å². The van der Waals surface area contributed by atoms with Gasteiger partial charge in [0.1, 0.15) is 6.10 Å². The van der Waals surface area contributed by atoms with Gasteiger partial charge in [0.2, 0.25) is 10.1 Å². The topological polar surface area (TPSA) is 70.6 Å². The first-order valence-electron chi connectivity index (χ1n) is 9.16. The molecule has 1 spiro atoms. The second-order valence-corrected chi connectivity index (χ2v) is 8.39. The normalized spacial score (nSPS) is 26.6. The first kappa shape index (κ1) is 18.9. The van der Waals surface area contributed by atoms with Gasteiger partial charge in [-0.3, -0.25) is 9.69 Å². The quantitative estimate of drug-likeness (QED) is 0.762. The predicted octanol–water partition coefficient (Wildman–Crippen LogP) is 1.36. The molecule has 27 heavy (non-hydrogen) atoms. The van der Waals surface area contributed by atoms with Crippen molar-refractivity contribution in [1.82, 2.24) is 20.4 Å². The molecule has 0 aliphatic carbocycles. The Morgan fingerprint density at radius 3 is 2.52 bits per heavy atom. The van der Waals surface area contributed by atoms with E-state index in [4.69, 9.17) is 4.74 Å². The predicted molar refractivity (Wildman–Crippen MR) is 92.6 cm³/mol. The number of esters is 1. The Morgan fingerprint density at radius 1 is 1.19 bits per heavy atom. The molecular weight excluding hydrogens is 383 g/mol. The fourth-order valence-corrected chi connectivity index (χ4v) is 4.88. The van der Waals surface area contributed by atoms with Crippen molar-refractivity contribution in [2.75, 3.05) is 50.7 Å². The van der Waals surface area contributed by atoms with Crippen molar-refractivity contribution >= 4 is 22.4 Å². The highest BCUT2D eigenvalue weighted by Crippen LogP contribution is 2.42. The second-order valence-electron chi connectivity index (χ2n) is 7.44. The number of hydrogen-bond donors (Lipinski definition) is 1. The number of alkyl halides is 3. The summed E-state index contributed by atoms with van der Waals surface area (Å²) in [6, 6.07) is 0. The van der Waals surface area contributed by atoms with Crippen molar-refractivity contribution in [3.63, 3.8) is 0 Å². The number of cyclic esters (lactones) is 1. The van der Waals surface area contributed by atoms with Crippen molar-refractivity contribution < 1.29 is 22.7 Å². The van der Waals surface area contributed by atoms with Crippen LogP contribution in [0.3, 0.4) is 0 Å². The number of carbonyl (C=O) groups is 1. The molecule has 1 unspecified atom stereocenters. The average molecular weight is 405 g/mol. The van der Waals surface area contributed by atoms with Gasteiger partial charge in [0, 0.05) is 39.1 Å². The Kier molecular flexibility index (Phi) is 5.02. The molecule has 3 saturated heterocycles. The maximum Gasteiger partial charge on any atom is 0.445 e. The maximum atomic E-state index is 12.7. The fourth-order valence-electron chi connectivity index (χ4n) is 4.12. The molecule has 1 aromatic heterocycles. The van der Waals surface area contributed by atoms with Gasteiger partial charge in [-0.15, -0.1) is 10.2 Å². The number of nitrogens with zero attached hydrogens (tertiary/aromatic N) is 4. The first-order chi connectivity index (χ1) is 12.9. The van der Waals surface area contributed by atoms with Crippen LogP contribution in [0.25, 0.3) is 0 Å². The Balaban J connectivity index is 1.29. The standard InChI is InChI=1S/C16H22F3N5O2S/c17-16(18,19)12-21-22-14(27-12)24-7-5-23(6-8-24)10-11-9-15(13(25)26-11)1-3-20-4-2-15/h11,20H,1-10H2. The zero-order valence-corrected chi connectivity index (χ0v) is 15.6. The van der Waals surface area contributed by atoms with E-state index >= 15 is 0 Å². The van der Waals surface area contributed by atoms with Crippen molar-refractivity contribution in [3.05, 3.63) is 5.01 Å². The van der Waals surface area contributed by atoms with Crippen LogP contribution in [0.5, 0.6) is 0 Å². The second kappa shape index (κ2) is 7.17. The third kappa shape index (κ3) is 3.90. The van der Waals surface area contributed by atoms with E-state index in [1.54, 1.807) is 0 Å². The third-order valence-electron chi connectivity index (χ3n) is 5.65. The lowest BCUT2D eigenvalue weighted by Crippen LogP contribution is -2.48. The molecule has 0 aromatic carbocycles. The highest BCUT2D eigenvalue weighted by molar-refractivity contribution is 7.15. The van der Waals surface area contributed by atoms with E-state index < -0.39 is 11.2 Å². The molecule has 1 aromatic rings. The minimum atomic E-state index is -4.45. The van der Waals surface area contributed by atoms with E-state index in [1.807, 2.05) is 4.90 Å². The number of aromatic nitrogens is 2. The van der Waals surface area contributed by atoms with Gasteiger partial charge < -0.3 is 15.0 Å². The van der Waals surface area contributed by atoms with Gasteiger partial charge in [0.15, 0.2) is 0 Å². The molecular formula is C16H22F3N5O2S. The van der Waals surface area contributed by atoms with Crippen LogP contribution in [-0.4, -0.2) is 73.0 Å². The van der Waals surface area contributed by atoms with Crippen molar-refractivity contribution in [2.24, 2.45) is 5.41 Å². The molecule has 0 amide bonds. The molecule has 150 valence electrons. The van der Waals surface area contributed by atoms with Crippen LogP contribution in [0, 0.1) is 5.41 Å². The van der Waals surface area contributed by atoms with Crippen LogP contribution in [0.4, 0.5) is 18.3 Å². The monoisotopic (exact) mass is 405 g/mol. The number of hydrogen-bond acceptors (Lipinski definition) is 8. The number of halogens is 3. The summed E-state index contributed by atoms with van der Waals surface area (Å²) in [5.74, 6) is -0.0684. The summed E-state index contributed by atoms with van der Waals surface area (Å²) in [5.41, 5.74) is -0.321. The molecule has 4 rings (SSSR count). The van der Waals surface area contributed by atoms with Crippen molar-refractivity contribution in [3.8, 4) is 0 Å². The Hall–Kier alpha value is -1.46. The number of rotatable bonds is 3. The van der Waals surface area contributed by atoms with Gasteiger partial charge >= 0.3 is 12.1 Å². The lowest BCUT2D eigenvalue weighted by Gasteiger charge is -2.35. The van der Waals surface area contributed by atoms with E-state index in [0.29, 0.717) is 49.2 Å². The van der Waals surface area contributed by atoms with Gasteiger partial charge in [-0.1, -0.05) is 11.3 Å². The maximum absolute atomic E-state index is 12.7. The summed E-state index contributed by atoms with van der Waals surface area (Å²) in [4.78, 5) is 16.4. The average Bonchev–Trinajstić information content (AvgIpc) is 3.23. The summed E-state index contributed by atoms with van der Waals surface area (Å²) < 4.78 is 43.7. The highest BCUT2D eigenvalue weighted by atomic mass is 32.1. The number of carbonyl (C=O) groups excluding carboxylic acids is 1. The van der Waals surface area contributed by atoms with Crippen molar-refractivity contribution in [1.29, 1.82) is 0 Å². The number of nitrogens with one attached hydrogen (secondary N) is 1. The largest absolute Gasteiger partial charge is 0.461 e. The van der Waals surface area contributed by atoms with Crippen molar-refractivity contribution in [2.45, 2.75) is 31.5 Å². The van der Waals surface area contributed by atoms with Gasteiger partial charge in [-0.05, 0) is 25.9 Å². The molecule has 1 atom stereocenters. The summed E-state index contributed by atoms with van der Waals surface area (Å²) in [6.45, 7) is 4.95. The minimum Gasteiger partial charge on any atom is -0.461 e. The van der Waals surface area contributed by atoms with Crippen LogP contribution in [0.2, 0.25) is 0 Å². The molecule has 7 nitrogen and oxygen atoms in total. The molecule has 3 fully saturated rings. The van der Waals surface area contributed by atoms with Crippen LogP contribution < -0.4 is 10.2 Å². The molecule has 0 radical (unpaired) electrons. The van der Waals surface area contributed by atoms with E-state index in [-0.39, 0.29) is 17.5 Å². The lowest BCUT2D eigenvalue weighted by molar-refractivity contribution is -0.150. The van der Waals surface area contributed by atoms with Gasteiger partial charge in [0.05, 0.1) is 5.41 Å². The summed E-state index contributed by atoms with van der Waals surface area (Å²) in [7, 11) is 0. The van der Waals surface area contributed by atoms with E-state index in [0.717, 1.165) is 32.4 Å². The van der Waals surface area contributed by atoms with E-state index in [2.05, 4.69) is 20.4 Å². The molecule has 11 heteroatoms. The zero-order chi connectivity index (χ0) is 19.1. The zero-order valence-electron chi connectivity index (χ0n) is 14.8. The number of piperidine rings is 1. The fraction of sp³-hybridized carbons (Fsp3) is 0.812. The van der Waals surface area contributed by atoms with Gasteiger partial charge in [0.25, 0.3) is 0 Å². The van der Waals surface area contributed by atoms with E-state index in [1.165, 1.54) is 0 Å². The number of ether oxygens (including phenoxy) is 1. The van der Waals surface area contributed by atoms with E-state index in [9.17, 15) is 18.0 Å². The smallest absolute Gasteiger partial charge is 0.445 e. The Morgan fingerprint density at radius 2 is 1.89 bits per heavy atom. The molecule has 3 aliphatic heterocycles. The number of piperazine rings is 1. The van der Waals surface area contributed by atoms with Crippen LogP contribution in [0.15, 0.2) is 0 Å². The molecule has 3 aliphatic rings. The molecule has 0 saturated carbocycles. The Labute approximate surface area is 158 Å². The van der Waals surface area contributed by atoms with Crippen LogP contribution in [-0.2, 0) is 15.7 Å². The van der Waals surface area contributed by atoms with Gasteiger partial charge in [-0.2, -0.15) is 13.2 Å². The first-order valence-corrected chi connectivity index (χ1v) is 9.97.